The van der Waals surface area contributed by atoms with Crippen molar-refractivity contribution >= 4 is 39.8 Å². The standard InChI is InChI=1S/C20H20BrN3O5/c1-3-4-14-9-13(10-17(28-2)19(14)29-12-18(25)26)11-22-24-20(27)23-16-7-5-15(21)6-8-16/h3,5-11H,1,4,12H2,2H3,(H,25,26)(H2,23,24,27)/b22-11+. The first kappa shape index (κ1) is 22.0. The molecule has 0 spiro atoms. The Morgan fingerprint density at radius 1 is 1.28 bits per heavy atom. The van der Waals surface area contributed by atoms with E-state index in [0.717, 1.165) is 4.47 Å². The maximum absolute atomic E-state index is 11.9. The molecule has 8 nitrogen and oxygen atoms in total. The second-order valence-electron chi connectivity index (χ2n) is 5.72. The Bertz CT molecular complexity index is 913. The summed E-state index contributed by atoms with van der Waals surface area (Å²) < 4.78 is 11.6. The number of hydrazone groups is 1. The van der Waals surface area contributed by atoms with Gasteiger partial charge in [-0.15, -0.1) is 6.58 Å². The highest BCUT2D eigenvalue weighted by molar-refractivity contribution is 9.10. The van der Waals surface area contributed by atoms with Crippen LogP contribution in [0.15, 0.2) is 58.6 Å². The number of carboxylic acids is 1. The zero-order chi connectivity index (χ0) is 21.2. The predicted molar refractivity (Wildman–Crippen MR) is 114 cm³/mol. The molecule has 2 rings (SSSR count). The van der Waals surface area contributed by atoms with E-state index in [-0.39, 0.29) is 0 Å². The van der Waals surface area contributed by atoms with Gasteiger partial charge in [0.2, 0.25) is 0 Å². The molecule has 0 fully saturated rings. The number of aliphatic carboxylic acids is 1. The van der Waals surface area contributed by atoms with Gasteiger partial charge in [0.25, 0.3) is 0 Å². The average Bonchev–Trinajstić information content (AvgIpc) is 2.68. The smallest absolute Gasteiger partial charge is 0.341 e. The molecule has 0 saturated carbocycles. The monoisotopic (exact) mass is 461 g/mol. The molecule has 0 heterocycles. The van der Waals surface area contributed by atoms with Crippen LogP contribution < -0.4 is 20.2 Å². The summed E-state index contributed by atoms with van der Waals surface area (Å²) >= 11 is 3.32. The summed E-state index contributed by atoms with van der Waals surface area (Å²) in [5.74, 6) is -0.414. The third-order valence-corrected chi connectivity index (χ3v) is 4.09. The number of amides is 2. The van der Waals surface area contributed by atoms with Crippen LogP contribution in [0.3, 0.4) is 0 Å². The second kappa shape index (κ2) is 10.9. The van der Waals surface area contributed by atoms with Crippen molar-refractivity contribution in [2.45, 2.75) is 6.42 Å². The highest BCUT2D eigenvalue weighted by atomic mass is 79.9. The van der Waals surface area contributed by atoms with E-state index >= 15 is 0 Å². The van der Waals surface area contributed by atoms with E-state index in [2.05, 4.69) is 38.4 Å². The van der Waals surface area contributed by atoms with Gasteiger partial charge in [-0.05, 0) is 48.4 Å². The molecule has 0 atom stereocenters. The summed E-state index contributed by atoms with van der Waals surface area (Å²) in [5, 5.41) is 15.4. The molecule has 9 heteroatoms. The van der Waals surface area contributed by atoms with E-state index < -0.39 is 18.6 Å². The molecule has 0 aliphatic rings. The molecule has 0 saturated heterocycles. The molecule has 2 aromatic rings. The van der Waals surface area contributed by atoms with Gasteiger partial charge in [0.1, 0.15) is 0 Å². The normalized spacial score (nSPS) is 10.4. The van der Waals surface area contributed by atoms with E-state index in [9.17, 15) is 9.59 Å². The van der Waals surface area contributed by atoms with Gasteiger partial charge in [0.15, 0.2) is 18.1 Å². The Morgan fingerprint density at radius 2 is 2.00 bits per heavy atom. The van der Waals surface area contributed by atoms with E-state index in [1.54, 1.807) is 42.5 Å². The molecule has 0 aromatic heterocycles. The predicted octanol–water partition coefficient (Wildman–Crippen LogP) is 3.81. The number of methoxy groups -OCH3 is 1. The summed E-state index contributed by atoms with van der Waals surface area (Å²) in [6, 6.07) is 9.98. The number of anilines is 1. The lowest BCUT2D eigenvalue weighted by Crippen LogP contribution is -2.24. The molecule has 0 bridgehead atoms. The van der Waals surface area contributed by atoms with Crippen LogP contribution in [0.25, 0.3) is 0 Å². The number of carbonyl (C=O) groups excluding carboxylic acids is 1. The van der Waals surface area contributed by atoms with Crippen molar-refractivity contribution in [3.05, 3.63) is 64.7 Å². The molecule has 0 radical (unpaired) electrons. The van der Waals surface area contributed by atoms with Crippen molar-refractivity contribution in [3.63, 3.8) is 0 Å². The minimum Gasteiger partial charge on any atom is -0.493 e. The van der Waals surface area contributed by atoms with Crippen LogP contribution in [0.4, 0.5) is 10.5 Å². The van der Waals surface area contributed by atoms with Crippen molar-refractivity contribution < 1.29 is 24.2 Å². The van der Waals surface area contributed by atoms with E-state index in [4.69, 9.17) is 14.6 Å². The molecule has 2 amide bonds. The van der Waals surface area contributed by atoms with Gasteiger partial charge in [0.05, 0.1) is 13.3 Å². The molecule has 3 N–H and O–H groups in total. The highest BCUT2D eigenvalue weighted by Gasteiger charge is 2.13. The van der Waals surface area contributed by atoms with Gasteiger partial charge < -0.3 is 19.9 Å². The maximum atomic E-state index is 11.9. The number of carboxylic acid groups (broad SMARTS) is 1. The topological polar surface area (TPSA) is 109 Å². The zero-order valence-electron chi connectivity index (χ0n) is 15.6. The molecule has 152 valence electrons. The highest BCUT2D eigenvalue weighted by Crippen LogP contribution is 2.33. The first-order valence-electron chi connectivity index (χ1n) is 8.45. The van der Waals surface area contributed by atoms with Crippen molar-refractivity contribution in [3.8, 4) is 11.5 Å². The van der Waals surface area contributed by atoms with Crippen molar-refractivity contribution in [1.29, 1.82) is 0 Å². The van der Waals surface area contributed by atoms with Crippen LogP contribution in [-0.4, -0.2) is 37.0 Å². The number of hydrogen-bond acceptors (Lipinski definition) is 5. The number of hydrogen-bond donors (Lipinski definition) is 3. The van der Waals surface area contributed by atoms with Crippen LogP contribution in [0.2, 0.25) is 0 Å². The largest absolute Gasteiger partial charge is 0.493 e. The summed E-state index contributed by atoms with van der Waals surface area (Å²) in [5.41, 5.74) is 4.31. The van der Waals surface area contributed by atoms with Gasteiger partial charge in [-0.3, -0.25) is 0 Å². The van der Waals surface area contributed by atoms with Crippen LogP contribution in [0, 0.1) is 0 Å². The molecular formula is C20H20BrN3O5. The Morgan fingerprint density at radius 3 is 2.62 bits per heavy atom. The van der Waals surface area contributed by atoms with Crippen molar-refractivity contribution in [2.24, 2.45) is 5.10 Å². The fourth-order valence-electron chi connectivity index (χ4n) is 2.37. The molecule has 2 aromatic carbocycles. The van der Waals surface area contributed by atoms with E-state index in [0.29, 0.717) is 34.7 Å². The third kappa shape index (κ3) is 6.96. The zero-order valence-corrected chi connectivity index (χ0v) is 17.2. The van der Waals surface area contributed by atoms with E-state index in [1.807, 2.05) is 0 Å². The number of benzene rings is 2. The summed E-state index contributed by atoms with van der Waals surface area (Å²) in [6.07, 6.45) is 3.54. The first-order chi connectivity index (χ1) is 13.9. The van der Waals surface area contributed by atoms with Gasteiger partial charge >= 0.3 is 12.0 Å². The SMILES string of the molecule is C=CCc1cc(/C=N/NC(=O)Nc2ccc(Br)cc2)cc(OC)c1OCC(=O)O. The lowest BCUT2D eigenvalue weighted by Gasteiger charge is -2.14. The van der Waals surface area contributed by atoms with Crippen molar-refractivity contribution in [1.82, 2.24) is 5.43 Å². The summed E-state index contributed by atoms with van der Waals surface area (Å²) in [6.45, 7) is 3.20. The Hall–Kier alpha value is -3.33. The minimum absolute atomic E-state index is 0.327. The molecule has 29 heavy (non-hydrogen) atoms. The van der Waals surface area contributed by atoms with Crippen LogP contribution in [0.1, 0.15) is 11.1 Å². The number of urea groups is 1. The number of ether oxygens (including phenoxy) is 2. The lowest BCUT2D eigenvalue weighted by molar-refractivity contribution is -0.139. The van der Waals surface area contributed by atoms with Crippen LogP contribution in [-0.2, 0) is 11.2 Å². The van der Waals surface area contributed by atoms with Gasteiger partial charge in [-0.2, -0.15) is 5.10 Å². The van der Waals surface area contributed by atoms with Crippen LogP contribution >= 0.6 is 15.9 Å². The fraction of sp³-hybridized carbons (Fsp3) is 0.150. The summed E-state index contributed by atoms with van der Waals surface area (Å²) in [7, 11) is 1.45. The number of nitrogens with zero attached hydrogens (tertiary/aromatic N) is 1. The Labute approximate surface area is 176 Å². The molecule has 0 unspecified atom stereocenters. The average molecular weight is 462 g/mol. The molecule has 0 aliphatic heterocycles. The third-order valence-electron chi connectivity index (χ3n) is 3.56. The maximum Gasteiger partial charge on any atom is 0.341 e. The Balaban J connectivity index is 2.11. The molecular weight excluding hydrogens is 442 g/mol. The van der Waals surface area contributed by atoms with Gasteiger partial charge in [0, 0.05) is 15.7 Å². The second-order valence-corrected chi connectivity index (χ2v) is 6.63. The van der Waals surface area contributed by atoms with Gasteiger partial charge in [-0.25, -0.2) is 15.0 Å². The van der Waals surface area contributed by atoms with Crippen LogP contribution in [0.5, 0.6) is 11.5 Å². The number of carbonyl (C=O) groups is 2. The number of halogens is 1. The first-order valence-corrected chi connectivity index (χ1v) is 9.24. The number of nitrogens with one attached hydrogen (secondary N) is 2. The van der Waals surface area contributed by atoms with Gasteiger partial charge in [-0.1, -0.05) is 22.0 Å². The molecule has 0 aliphatic carbocycles. The number of allylic oxidation sites excluding steroid dienone is 1. The number of rotatable bonds is 9. The fourth-order valence-corrected chi connectivity index (χ4v) is 2.64. The lowest BCUT2D eigenvalue weighted by atomic mass is 10.1. The minimum atomic E-state index is -1.09. The Kier molecular flexibility index (Phi) is 8.23. The summed E-state index contributed by atoms with van der Waals surface area (Å²) in [4.78, 5) is 22.7. The van der Waals surface area contributed by atoms with E-state index in [1.165, 1.54) is 13.3 Å². The quantitative estimate of drug-likeness (QED) is 0.298. The van der Waals surface area contributed by atoms with Crippen molar-refractivity contribution in [2.75, 3.05) is 19.0 Å².